The van der Waals surface area contributed by atoms with Crippen LogP contribution in [0.5, 0.6) is 0 Å². The number of nitrogens with one attached hydrogen (secondary N) is 5. The number of likely N-dealkylation sites (tertiary alicyclic amines) is 1. The summed E-state index contributed by atoms with van der Waals surface area (Å²) in [6, 6.07) is 23.3. The van der Waals surface area contributed by atoms with E-state index < -0.39 is 29.8 Å². The Labute approximate surface area is 322 Å². The first-order chi connectivity index (χ1) is 27.1. The average Bonchev–Trinajstić information content (AvgIpc) is 4.05. The van der Waals surface area contributed by atoms with Crippen LogP contribution < -0.4 is 16.0 Å². The fourth-order valence-electron chi connectivity index (χ4n) is 8.17. The summed E-state index contributed by atoms with van der Waals surface area (Å²) in [5.41, 5.74) is 6.40. The second-order valence-electron chi connectivity index (χ2n) is 14.7. The zero-order chi connectivity index (χ0) is 39.1. The molecule has 14 nitrogen and oxygen atoms in total. The van der Waals surface area contributed by atoms with Gasteiger partial charge < -0.3 is 35.0 Å². The predicted octanol–water partition coefficient (Wildman–Crippen LogP) is 6.23. The van der Waals surface area contributed by atoms with Gasteiger partial charge in [-0.1, -0.05) is 36.4 Å². The number of Topliss-reactive ketones (excluding diaryl/α,β-unsaturated/α-hetero) is 1. The molecule has 4 heterocycles. The quantitative estimate of drug-likeness (QED) is 0.114. The average molecular weight is 757 g/mol. The van der Waals surface area contributed by atoms with Crippen LogP contribution in [-0.4, -0.2) is 88.1 Å². The zero-order valence-electron chi connectivity index (χ0n) is 31.7. The highest BCUT2D eigenvalue weighted by Gasteiger charge is 2.47. The monoisotopic (exact) mass is 756 g/mol. The van der Waals surface area contributed by atoms with E-state index in [4.69, 9.17) is 14.7 Å². The minimum atomic E-state index is -1.04. The lowest BCUT2D eigenvalue weighted by molar-refractivity contribution is -0.134. The van der Waals surface area contributed by atoms with E-state index in [1.807, 2.05) is 18.2 Å². The first-order valence-corrected chi connectivity index (χ1v) is 18.9. The first kappa shape index (κ1) is 36.7. The molecule has 2 aromatic heterocycles. The van der Waals surface area contributed by atoms with E-state index in [1.165, 1.54) is 14.2 Å². The highest BCUT2D eigenvalue weighted by atomic mass is 16.5. The second kappa shape index (κ2) is 14.8. The summed E-state index contributed by atoms with van der Waals surface area (Å²) in [5, 5.41) is 10.7. The molecular formula is C42H44N8O6. The Hall–Kier alpha value is -6.28. The molecule has 3 amide bonds. The molecule has 8 rings (SSSR count). The number of alkyl carbamates (subject to hydrolysis) is 2. The molecule has 0 bridgehead atoms. The first-order valence-electron chi connectivity index (χ1n) is 18.9. The Kier molecular flexibility index (Phi) is 9.66. The van der Waals surface area contributed by atoms with E-state index in [0.717, 1.165) is 80.2 Å². The van der Waals surface area contributed by atoms with Crippen molar-refractivity contribution in [3.63, 3.8) is 0 Å². The number of aromatic amines is 2. The van der Waals surface area contributed by atoms with E-state index in [1.54, 1.807) is 18.7 Å². The number of ether oxygens (including phenoxy) is 2. The molecule has 14 heteroatoms. The molecule has 2 aliphatic rings. The summed E-state index contributed by atoms with van der Waals surface area (Å²) >= 11 is 0. The van der Waals surface area contributed by atoms with Gasteiger partial charge in [-0.25, -0.2) is 19.6 Å². The van der Waals surface area contributed by atoms with Crippen LogP contribution in [0.15, 0.2) is 72.8 Å². The topological polar surface area (TPSA) is 183 Å². The maximum absolute atomic E-state index is 13.7. The number of carbonyl (C=O) groups excluding carboxylic acids is 4. The number of ketones is 1. The van der Waals surface area contributed by atoms with Gasteiger partial charge in [0.1, 0.15) is 23.2 Å². The van der Waals surface area contributed by atoms with Crippen LogP contribution >= 0.6 is 0 Å². The number of benzene rings is 4. The standard InChI is InChI=1S/C42H44N8O6/c1-23(44-40(53)55-3)36(51)42(16-6-17-43-42)39-48-32-15-13-30(22-34(32)49-39)28-11-9-25-19-27(10-8-26(25)20-28)29-12-14-31-33(21-29)47-37(46-31)35-7-5-18-50(35)38(52)24(2)45-41(54)56-4/h8-15,19-24,35,43H,5-7,16-18H2,1-4H3,(H,44,53)(H,45,54)(H,46,47)(H,48,49)/t23-,24-,35-,42+/m0/s1. The third-order valence-electron chi connectivity index (χ3n) is 11.1. The SMILES string of the molecule is COC(=O)N[C@@H](C)C(=O)N1CCC[C@H]1c1nc2ccc(-c3ccc4cc(-c5ccc6nc([C@]7(C(=O)[C@H](C)NC(=O)OC)CCCN7)[nH]c6c5)ccc4c3)cc2[nH]1. The molecule has 0 unspecified atom stereocenters. The van der Waals surface area contributed by atoms with Crippen molar-refractivity contribution in [2.45, 2.75) is 63.2 Å². The lowest BCUT2D eigenvalue weighted by Gasteiger charge is -2.28. The van der Waals surface area contributed by atoms with E-state index >= 15 is 0 Å². The number of amides is 3. The van der Waals surface area contributed by atoms with Crippen molar-refractivity contribution in [3.05, 3.63) is 84.4 Å². The van der Waals surface area contributed by atoms with Gasteiger partial charge in [-0.05, 0) is 115 Å². The summed E-state index contributed by atoms with van der Waals surface area (Å²) in [5.74, 6) is 0.926. The molecule has 56 heavy (non-hydrogen) atoms. The second-order valence-corrected chi connectivity index (χ2v) is 14.7. The molecule has 2 aliphatic heterocycles. The smallest absolute Gasteiger partial charge is 0.407 e. The van der Waals surface area contributed by atoms with Gasteiger partial charge in [0, 0.05) is 6.54 Å². The largest absolute Gasteiger partial charge is 0.453 e. The molecular weight excluding hydrogens is 713 g/mol. The van der Waals surface area contributed by atoms with Crippen molar-refractivity contribution in [3.8, 4) is 22.3 Å². The Morgan fingerprint density at radius 2 is 1.32 bits per heavy atom. The number of H-pyrrole nitrogens is 2. The highest BCUT2D eigenvalue weighted by molar-refractivity contribution is 5.97. The molecule has 0 radical (unpaired) electrons. The predicted molar refractivity (Wildman–Crippen MR) is 212 cm³/mol. The van der Waals surface area contributed by atoms with E-state index in [0.29, 0.717) is 25.3 Å². The van der Waals surface area contributed by atoms with Gasteiger partial charge in [0.25, 0.3) is 0 Å². The molecule has 2 fully saturated rings. The third kappa shape index (κ3) is 6.70. The molecule has 4 atom stereocenters. The van der Waals surface area contributed by atoms with E-state index in [-0.39, 0.29) is 17.7 Å². The maximum Gasteiger partial charge on any atom is 0.407 e. The summed E-state index contributed by atoms with van der Waals surface area (Å²) in [6.45, 7) is 4.57. The number of methoxy groups -OCH3 is 2. The molecule has 6 aromatic rings. The van der Waals surface area contributed by atoms with Gasteiger partial charge in [0.2, 0.25) is 5.91 Å². The molecule has 2 saturated heterocycles. The lowest BCUT2D eigenvalue weighted by Crippen LogP contribution is -2.54. The number of nitrogens with zero attached hydrogens (tertiary/aromatic N) is 3. The van der Waals surface area contributed by atoms with Crippen LogP contribution in [0, 0.1) is 0 Å². The van der Waals surface area contributed by atoms with E-state index in [9.17, 15) is 19.2 Å². The molecule has 0 spiro atoms. The van der Waals surface area contributed by atoms with Crippen LogP contribution in [0.25, 0.3) is 55.1 Å². The maximum atomic E-state index is 13.7. The Morgan fingerprint density at radius 3 is 1.93 bits per heavy atom. The zero-order valence-corrected chi connectivity index (χ0v) is 31.7. The van der Waals surface area contributed by atoms with Crippen molar-refractivity contribution in [2.75, 3.05) is 27.3 Å². The Balaban J connectivity index is 1.02. The van der Waals surface area contributed by atoms with Crippen molar-refractivity contribution in [1.82, 2.24) is 40.8 Å². The normalized spacial score (nSPS) is 19.3. The van der Waals surface area contributed by atoms with Crippen LogP contribution in [-0.2, 0) is 24.6 Å². The highest BCUT2D eigenvalue weighted by Crippen LogP contribution is 2.36. The molecule has 4 aromatic carbocycles. The summed E-state index contributed by atoms with van der Waals surface area (Å²) in [7, 11) is 2.55. The summed E-state index contributed by atoms with van der Waals surface area (Å²) < 4.78 is 9.38. The number of rotatable bonds is 9. The summed E-state index contributed by atoms with van der Waals surface area (Å²) in [4.78, 5) is 68.8. The Bertz CT molecular complexity index is 2500. The van der Waals surface area contributed by atoms with E-state index in [2.05, 4.69) is 85.3 Å². The van der Waals surface area contributed by atoms with Crippen LogP contribution in [0.4, 0.5) is 9.59 Å². The molecule has 0 aliphatic carbocycles. The fourth-order valence-corrected chi connectivity index (χ4v) is 8.17. The number of imidazole rings is 2. The minimum Gasteiger partial charge on any atom is -0.453 e. The van der Waals surface area contributed by atoms with Crippen molar-refractivity contribution < 1.29 is 28.7 Å². The van der Waals surface area contributed by atoms with Gasteiger partial charge in [-0.2, -0.15) is 0 Å². The third-order valence-corrected chi connectivity index (χ3v) is 11.1. The number of aromatic nitrogens is 4. The van der Waals surface area contributed by atoms with Crippen LogP contribution in [0.2, 0.25) is 0 Å². The van der Waals surface area contributed by atoms with Gasteiger partial charge in [0.05, 0.1) is 48.4 Å². The molecule has 0 saturated carbocycles. The number of fused-ring (bicyclic) bond motifs is 3. The summed E-state index contributed by atoms with van der Waals surface area (Å²) in [6.07, 6.45) is 1.70. The van der Waals surface area contributed by atoms with Crippen molar-refractivity contribution >= 4 is 56.7 Å². The number of hydrogen-bond acceptors (Lipinski definition) is 9. The van der Waals surface area contributed by atoms with Gasteiger partial charge in [-0.15, -0.1) is 0 Å². The molecule has 5 N–H and O–H groups in total. The number of hydrogen-bond donors (Lipinski definition) is 5. The fraction of sp³-hybridized carbons (Fsp3) is 0.333. The van der Waals surface area contributed by atoms with Gasteiger partial charge >= 0.3 is 12.2 Å². The van der Waals surface area contributed by atoms with Crippen LogP contribution in [0.3, 0.4) is 0 Å². The van der Waals surface area contributed by atoms with Crippen molar-refractivity contribution in [1.29, 1.82) is 0 Å². The van der Waals surface area contributed by atoms with Gasteiger partial charge in [-0.3, -0.25) is 14.9 Å². The van der Waals surface area contributed by atoms with Gasteiger partial charge in [0.15, 0.2) is 5.78 Å². The van der Waals surface area contributed by atoms with Crippen molar-refractivity contribution in [2.24, 2.45) is 0 Å². The molecule has 288 valence electrons. The minimum absolute atomic E-state index is 0.171. The van der Waals surface area contributed by atoms with Crippen LogP contribution in [0.1, 0.15) is 57.2 Å². The number of carbonyl (C=O) groups is 4. The lowest BCUT2D eigenvalue weighted by atomic mass is 9.87. The Morgan fingerprint density at radius 1 is 0.750 bits per heavy atom.